The van der Waals surface area contributed by atoms with E-state index < -0.39 is 0 Å². The highest BCUT2D eigenvalue weighted by molar-refractivity contribution is 7.16. The topological polar surface area (TPSA) is 66.7 Å². The van der Waals surface area contributed by atoms with Crippen molar-refractivity contribution in [3.8, 4) is 28.6 Å². The van der Waals surface area contributed by atoms with Gasteiger partial charge in [0.15, 0.2) is 0 Å². The second-order valence-corrected chi connectivity index (χ2v) is 9.28. The molecule has 3 aromatic rings. The van der Waals surface area contributed by atoms with Gasteiger partial charge < -0.3 is 28.6 Å². The van der Waals surface area contributed by atoms with Gasteiger partial charge in [-0.2, -0.15) is 0 Å². The van der Waals surface area contributed by atoms with Crippen LogP contribution in [-0.2, 0) is 16.1 Å². The molecule has 0 amide bonds. The molecule has 0 saturated carbocycles. The van der Waals surface area contributed by atoms with E-state index in [1.54, 1.807) is 39.8 Å². The zero-order chi connectivity index (χ0) is 24.1. The SMILES string of the molecule is CCCCN(c1c(OC)nn2c(-c3c(OC)cc(COC)cc3OC)csc12)C1CCCOC1. The molecule has 186 valence electrons. The summed E-state index contributed by atoms with van der Waals surface area (Å²) in [5, 5.41) is 7.00. The van der Waals surface area contributed by atoms with Gasteiger partial charge in [0.2, 0.25) is 0 Å². The zero-order valence-electron chi connectivity index (χ0n) is 20.8. The molecule has 1 saturated heterocycles. The van der Waals surface area contributed by atoms with Gasteiger partial charge in [-0.15, -0.1) is 16.4 Å². The Morgan fingerprint density at radius 1 is 1.15 bits per heavy atom. The van der Waals surface area contributed by atoms with Crippen LogP contribution in [0.2, 0.25) is 0 Å². The molecule has 2 aromatic heterocycles. The van der Waals surface area contributed by atoms with E-state index in [4.69, 9.17) is 28.8 Å². The van der Waals surface area contributed by atoms with E-state index in [2.05, 4.69) is 17.2 Å². The Morgan fingerprint density at radius 2 is 1.91 bits per heavy atom. The maximum Gasteiger partial charge on any atom is 0.258 e. The monoisotopic (exact) mass is 489 g/mol. The number of benzene rings is 1. The first-order chi connectivity index (χ1) is 16.7. The Kier molecular flexibility index (Phi) is 8.18. The van der Waals surface area contributed by atoms with E-state index in [-0.39, 0.29) is 0 Å². The molecule has 1 aromatic carbocycles. The maximum atomic E-state index is 5.84. The Balaban J connectivity index is 1.85. The van der Waals surface area contributed by atoms with Crippen LogP contribution in [0.1, 0.15) is 38.2 Å². The lowest BCUT2D eigenvalue weighted by molar-refractivity contribution is 0.0791. The maximum absolute atomic E-state index is 5.84. The highest BCUT2D eigenvalue weighted by Crippen LogP contribution is 2.45. The zero-order valence-corrected chi connectivity index (χ0v) is 21.6. The molecule has 8 nitrogen and oxygen atoms in total. The normalized spacial score (nSPS) is 16.1. The van der Waals surface area contributed by atoms with Crippen LogP contribution < -0.4 is 19.1 Å². The molecule has 0 radical (unpaired) electrons. The number of fused-ring (bicyclic) bond motifs is 1. The van der Waals surface area contributed by atoms with Crippen LogP contribution in [0.25, 0.3) is 16.1 Å². The first-order valence-corrected chi connectivity index (χ1v) is 12.7. The minimum Gasteiger partial charge on any atom is -0.496 e. The van der Waals surface area contributed by atoms with E-state index in [1.807, 2.05) is 16.6 Å². The number of thiazole rings is 1. The minimum absolute atomic E-state index is 0.310. The number of nitrogens with zero attached hydrogens (tertiary/aromatic N) is 3. The predicted octanol–water partition coefficient (Wildman–Crippen LogP) is 5.02. The third-order valence-corrected chi connectivity index (χ3v) is 7.17. The van der Waals surface area contributed by atoms with Gasteiger partial charge in [0.25, 0.3) is 5.88 Å². The van der Waals surface area contributed by atoms with Gasteiger partial charge in [0.1, 0.15) is 22.0 Å². The summed E-state index contributed by atoms with van der Waals surface area (Å²) in [6, 6.07) is 4.28. The first-order valence-electron chi connectivity index (χ1n) is 11.8. The Hall–Kier alpha value is -2.49. The molecule has 9 heteroatoms. The molecule has 34 heavy (non-hydrogen) atoms. The molecule has 1 aliphatic heterocycles. The molecule has 3 heterocycles. The molecule has 0 spiro atoms. The fourth-order valence-corrected chi connectivity index (χ4v) is 5.59. The lowest BCUT2D eigenvalue weighted by Gasteiger charge is -2.35. The van der Waals surface area contributed by atoms with Gasteiger partial charge in [-0.1, -0.05) is 13.3 Å². The number of aromatic nitrogens is 2. The molecular weight excluding hydrogens is 454 g/mol. The van der Waals surface area contributed by atoms with Crippen molar-refractivity contribution in [2.45, 2.75) is 45.3 Å². The van der Waals surface area contributed by atoms with Crippen molar-refractivity contribution in [2.24, 2.45) is 0 Å². The van der Waals surface area contributed by atoms with Crippen LogP contribution in [0.3, 0.4) is 0 Å². The molecule has 0 N–H and O–H groups in total. The second kappa shape index (κ2) is 11.3. The summed E-state index contributed by atoms with van der Waals surface area (Å²) in [5.74, 6) is 2.06. The number of hydrogen-bond donors (Lipinski definition) is 0. The predicted molar refractivity (Wildman–Crippen MR) is 135 cm³/mol. The van der Waals surface area contributed by atoms with Crippen LogP contribution >= 0.6 is 11.3 Å². The summed E-state index contributed by atoms with van der Waals surface area (Å²) in [5.41, 5.74) is 3.77. The van der Waals surface area contributed by atoms with Crippen LogP contribution in [-0.4, -0.2) is 63.9 Å². The lowest BCUT2D eigenvalue weighted by Crippen LogP contribution is -2.42. The Bertz CT molecular complexity index is 1060. The Morgan fingerprint density at radius 3 is 2.50 bits per heavy atom. The summed E-state index contributed by atoms with van der Waals surface area (Å²) < 4.78 is 30.5. The Labute approximate surface area is 205 Å². The molecule has 4 rings (SSSR count). The van der Waals surface area contributed by atoms with Gasteiger partial charge in [-0.25, -0.2) is 4.52 Å². The van der Waals surface area contributed by atoms with E-state index >= 15 is 0 Å². The molecular formula is C25H35N3O5S. The van der Waals surface area contributed by atoms with Crippen LogP contribution in [0.15, 0.2) is 17.5 Å². The molecule has 1 aliphatic rings. The summed E-state index contributed by atoms with van der Waals surface area (Å²) >= 11 is 1.65. The average molecular weight is 490 g/mol. The van der Waals surface area contributed by atoms with Gasteiger partial charge in [0.05, 0.1) is 51.8 Å². The molecule has 1 atom stereocenters. The largest absolute Gasteiger partial charge is 0.496 e. The van der Waals surface area contributed by atoms with Crippen molar-refractivity contribution in [2.75, 3.05) is 53.1 Å². The van der Waals surface area contributed by atoms with Crippen LogP contribution in [0, 0.1) is 0 Å². The van der Waals surface area contributed by atoms with Crippen LogP contribution in [0.5, 0.6) is 17.4 Å². The van der Waals surface area contributed by atoms with Crippen molar-refractivity contribution in [1.29, 1.82) is 0 Å². The average Bonchev–Trinajstić information content (AvgIpc) is 3.44. The smallest absolute Gasteiger partial charge is 0.258 e. The lowest BCUT2D eigenvalue weighted by atomic mass is 10.1. The third-order valence-electron chi connectivity index (χ3n) is 6.24. The van der Waals surface area contributed by atoms with Crippen molar-refractivity contribution in [3.05, 3.63) is 23.1 Å². The van der Waals surface area contributed by atoms with Gasteiger partial charge in [-0.3, -0.25) is 0 Å². The summed E-state index contributed by atoms with van der Waals surface area (Å²) in [7, 11) is 6.70. The second-order valence-electron chi connectivity index (χ2n) is 8.42. The molecule has 1 unspecified atom stereocenters. The summed E-state index contributed by atoms with van der Waals surface area (Å²) in [6.45, 7) is 5.19. The third kappa shape index (κ3) is 4.69. The quantitative estimate of drug-likeness (QED) is 0.375. The van der Waals surface area contributed by atoms with Crippen LogP contribution in [0.4, 0.5) is 5.69 Å². The van der Waals surface area contributed by atoms with Gasteiger partial charge in [0, 0.05) is 25.6 Å². The van der Waals surface area contributed by atoms with Crippen molar-refractivity contribution >= 4 is 21.9 Å². The van der Waals surface area contributed by atoms with Crippen molar-refractivity contribution < 1.29 is 23.7 Å². The minimum atomic E-state index is 0.310. The number of hydrogen-bond acceptors (Lipinski definition) is 8. The molecule has 0 bridgehead atoms. The molecule has 1 fully saturated rings. The highest BCUT2D eigenvalue weighted by atomic mass is 32.1. The van der Waals surface area contributed by atoms with Gasteiger partial charge in [-0.05, 0) is 37.0 Å². The summed E-state index contributed by atoms with van der Waals surface area (Å²) in [4.78, 5) is 3.49. The van der Waals surface area contributed by atoms with Crippen molar-refractivity contribution in [1.82, 2.24) is 9.61 Å². The van der Waals surface area contributed by atoms with Crippen molar-refractivity contribution in [3.63, 3.8) is 0 Å². The number of anilines is 1. The van der Waals surface area contributed by atoms with E-state index in [1.165, 1.54) is 0 Å². The van der Waals surface area contributed by atoms with E-state index in [9.17, 15) is 0 Å². The fourth-order valence-electron chi connectivity index (χ4n) is 4.60. The number of ether oxygens (including phenoxy) is 5. The first kappa shape index (κ1) is 24.6. The molecule has 0 aliphatic carbocycles. The van der Waals surface area contributed by atoms with E-state index in [0.29, 0.717) is 30.0 Å². The number of rotatable bonds is 11. The highest BCUT2D eigenvalue weighted by Gasteiger charge is 2.30. The number of methoxy groups -OCH3 is 4. The van der Waals surface area contributed by atoms with E-state index in [0.717, 1.165) is 72.8 Å². The van der Waals surface area contributed by atoms with Gasteiger partial charge >= 0.3 is 0 Å². The number of unbranched alkanes of at least 4 members (excludes halogenated alkanes) is 1. The summed E-state index contributed by atoms with van der Waals surface area (Å²) in [6.07, 6.45) is 4.38. The fraction of sp³-hybridized carbons (Fsp3) is 0.560. The standard InChI is InChI=1S/C25H35N3O5S/c1-6-7-10-27(18-9-8-11-33-15-18)23-24(32-5)26-28-19(16-34-25(23)28)22-20(30-3)12-17(14-29-2)13-21(22)31-4/h12-13,16,18H,6-11,14-15H2,1-5H3.